The fraction of sp³-hybridized carbons (Fsp3) is 0.338. The quantitative estimate of drug-likeness (QED) is 0.0159. The number of nitrogens with zero attached hydrogens (tertiary/aromatic N) is 6. The number of hydrogen-bond donors (Lipinski definition) is 6. The molecule has 562 valence electrons. The molecule has 6 heterocycles. The predicted octanol–water partition coefficient (Wildman–Crippen LogP) is 11.1. The van der Waals surface area contributed by atoms with Gasteiger partial charge in [-0.25, -0.2) is 19.7 Å². The Kier molecular flexibility index (Phi) is 33.0. The van der Waals surface area contributed by atoms with Gasteiger partial charge in [-0.15, -0.1) is 12.4 Å². The molecule has 7 N–H and O–H groups in total. The summed E-state index contributed by atoms with van der Waals surface area (Å²) in [5.41, 5.74) is 11.3. The summed E-state index contributed by atoms with van der Waals surface area (Å²) in [6, 6.07) is 25.5. The van der Waals surface area contributed by atoms with Crippen molar-refractivity contribution in [2.24, 2.45) is 23.5 Å². The van der Waals surface area contributed by atoms with Crippen molar-refractivity contribution in [3.05, 3.63) is 226 Å². The first-order chi connectivity index (χ1) is 50.8. The van der Waals surface area contributed by atoms with Crippen LogP contribution in [0.5, 0.6) is 17.2 Å². The lowest BCUT2D eigenvalue weighted by atomic mass is 9.79. The maximum Gasteiger partial charge on any atom is 0.336 e. The van der Waals surface area contributed by atoms with Crippen molar-refractivity contribution >= 4 is 132 Å². The van der Waals surface area contributed by atoms with Crippen LogP contribution in [-0.2, 0) is 19.1 Å². The molecule has 29 heteroatoms. The monoisotopic (exact) mass is 1810 g/mol. The minimum absolute atomic E-state index is 0. The highest BCUT2D eigenvalue weighted by atomic mass is 127. The minimum Gasteiger partial charge on any atom is -0.487 e. The molecule has 12 rings (SSSR count). The molecule has 0 fully saturated rings. The van der Waals surface area contributed by atoms with Crippen molar-refractivity contribution in [2.45, 2.75) is 45.8 Å². The smallest absolute Gasteiger partial charge is 0.336 e. The Labute approximate surface area is 662 Å². The van der Waals surface area contributed by atoms with E-state index in [2.05, 4.69) is 131 Å². The third-order valence-corrected chi connectivity index (χ3v) is 19.9. The number of ketones is 3. The zero-order valence-electron chi connectivity index (χ0n) is 58.9. The molecule has 2 amide bonds. The lowest BCUT2D eigenvalue weighted by Crippen LogP contribution is -2.46. The van der Waals surface area contributed by atoms with Crippen molar-refractivity contribution in [1.82, 2.24) is 40.3 Å². The second-order valence-electron chi connectivity index (χ2n) is 24.4. The molecule has 6 atom stereocenters. The number of Topliss-reactive ketones (excluding diaryl/α,β-unsaturated/α-hetero) is 3. The maximum atomic E-state index is 13.6. The van der Waals surface area contributed by atoms with E-state index in [1.165, 1.54) is 18.6 Å². The number of benzene rings is 3. The first-order valence-electron chi connectivity index (χ1n) is 34.6. The van der Waals surface area contributed by atoms with E-state index in [4.69, 9.17) is 24.7 Å². The number of ether oxygens (including phenoxy) is 4. The van der Waals surface area contributed by atoms with Crippen LogP contribution in [0.15, 0.2) is 181 Å². The first kappa shape index (κ1) is 83.5. The normalized spacial score (nSPS) is 18.1. The highest BCUT2D eigenvalue weighted by Crippen LogP contribution is 2.39. The number of esters is 1. The van der Waals surface area contributed by atoms with E-state index in [9.17, 15) is 41.9 Å². The first-order valence-corrected chi connectivity index (χ1v) is 37.8. The van der Waals surface area contributed by atoms with Crippen molar-refractivity contribution in [1.29, 1.82) is 0 Å². The zero-order valence-corrected chi connectivity index (χ0v) is 66.2. The summed E-state index contributed by atoms with van der Waals surface area (Å²) < 4.78 is 64.5. The third-order valence-electron chi connectivity index (χ3n) is 17.9. The van der Waals surface area contributed by atoms with Crippen LogP contribution in [-0.4, -0.2) is 188 Å². The fourth-order valence-corrected chi connectivity index (χ4v) is 13.8. The molecule has 6 aliphatic rings. The predicted molar refractivity (Wildman–Crippen MR) is 429 cm³/mol. The number of rotatable bonds is 27. The van der Waals surface area contributed by atoms with Gasteiger partial charge >= 0.3 is 5.97 Å². The molecule has 6 unspecified atom stereocenters. The van der Waals surface area contributed by atoms with Gasteiger partial charge < -0.3 is 51.3 Å². The van der Waals surface area contributed by atoms with Gasteiger partial charge in [-0.3, -0.25) is 38.7 Å². The van der Waals surface area contributed by atoms with Gasteiger partial charge in [-0.2, -0.15) is 13.2 Å². The molecule has 0 saturated carbocycles. The van der Waals surface area contributed by atoms with Crippen LogP contribution in [0.4, 0.5) is 30.2 Å². The van der Waals surface area contributed by atoms with E-state index >= 15 is 0 Å². The van der Waals surface area contributed by atoms with Crippen LogP contribution in [0.1, 0.15) is 58.8 Å². The number of aromatic nitrogens is 3. The largest absolute Gasteiger partial charge is 0.487 e. The average molecular weight is 1810 g/mol. The number of carbonyl (C=O) groups is 6. The van der Waals surface area contributed by atoms with Gasteiger partial charge in [0, 0.05) is 133 Å². The van der Waals surface area contributed by atoms with Crippen LogP contribution in [0.25, 0.3) is 0 Å². The van der Waals surface area contributed by atoms with Crippen LogP contribution >= 0.6 is 80.2 Å². The number of nitrogens with one attached hydrogen (secondary N) is 5. The molecule has 3 aromatic carbocycles. The lowest BCUT2D eigenvalue weighted by molar-refractivity contribution is -0.138. The molecule has 3 aliphatic heterocycles. The number of likely N-dealkylation sites (N-methyl/N-ethyl adjacent to an activating group) is 3. The Morgan fingerprint density at radius 1 is 0.491 bits per heavy atom. The average Bonchev–Trinajstić information content (AvgIpc) is 0.776. The Balaban J connectivity index is 0.000000185. The third kappa shape index (κ3) is 22.5. The molecule has 0 saturated heterocycles. The van der Waals surface area contributed by atoms with Crippen LogP contribution in [0, 0.1) is 46.3 Å². The minimum atomic E-state index is -0.627. The number of carbonyl (C=O) groups excluding carboxylic acids is 6. The summed E-state index contributed by atoms with van der Waals surface area (Å²) in [7, 11) is 0. The van der Waals surface area contributed by atoms with Gasteiger partial charge in [0.1, 0.15) is 19.8 Å². The highest BCUT2D eigenvalue weighted by molar-refractivity contribution is 14.1. The Hall–Kier alpha value is -8.12. The van der Waals surface area contributed by atoms with E-state index in [-0.39, 0.29) is 76.7 Å². The Morgan fingerprint density at radius 3 is 1.14 bits per heavy atom. The van der Waals surface area contributed by atoms with Crippen molar-refractivity contribution < 1.29 is 60.9 Å². The molecule has 0 radical (unpaired) electrons. The Bertz CT molecular complexity index is 4110. The molecule has 106 heavy (non-hydrogen) atoms. The van der Waals surface area contributed by atoms with Crippen LogP contribution in [0.3, 0.4) is 0 Å². The van der Waals surface area contributed by atoms with Gasteiger partial charge in [0.05, 0.1) is 48.1 Å². The molecular weight excluding hydrogens is 1730 g/mol. The second-order valence-corrected chi connectivity index (χ2v) is 28.1. The summed E-state index contributed by atoms with van der Waals surface area (Å²) in [5, 5.41) is 16.0. The standard InChI is InChI=1S/2C25H26FIN4O3.C16H14INO3.C11H18FN3O.ClH/c2*1-2-31(13-14-34-21-7-4-10-28-24(21)26)12-11-29-25(33)18-6-3-5-17-22(18)30-20-9-8-16(27)15-19(20)23(17)32;1-2-21-16(20)11-5-3-4-10-14(11)18-13-7-6-9(17)8-12(13)15(10)19;1-2-15(7-5-13)8-9-16-10-4-3-6-14-11(10)12;/h2*3-10,15,17,22,30H,2,11-14H2,1H3,(H,29,33);3-8,10,14,18H,2H2,1H3;3-4,6H,2,5,7-9,13H2,1H3;1H. The molecule has 3 aromatic heterocycles. The second kappa shape index (κ2) is 41.9. The summed E-state index contributed by atoms with van der Waals surface area (Å²) in [5.74, 6) is -3.22. The number of anilines is 3. The number of halogens is 7. The molecular formula is C77H85ClF3I3N12O10. The lowest BCUT2D eigenvalue weighted by Gasteiger charge is -2.35. The highest BCUT2D eigenvalue weighted by Gasteiger charge is 2.42. The van der Waals surface area contributed by atoms with Gasteiger partial charge in [0.15, 0.2) is 34.6 Å². The summed E-state index contributed by atoms with van der Waals surface area (Å²) in [4.78, 5) is 93.7. The summed E-state index contributed by atoms with van der Waals surface area (Å²) >= 11 is 6.56. The van der Waals surface area contributed by atoms with E-state index in [0.717, 1.165) is 60.5 Å². The number of fused-ring (bicyclic) bond motifs is 6. The number of hydrogen-bond acceptors (Lipinski definition) is 20. The van der Waals surface area contributed by atoms with E-state index in [0.29, 0.717) is 106 Å². The molecule has 0 spiro atoms. The SMILES string of the molecule is CCN(CCN)CCOc1cccnc1F.CCN(CCNC(=O)C1=CC=CC2C(=O)c3cc(I)ccc3NC12)CCOc1cccnc1F.CCN(CCNC(=O)C1=CC=CC2C(=O)c3cc(I)ccc3NC12)CCOc1cccnc1F.CCOC(=O)C1=CC=CC2C(=O)c3cc(I)ccc3NC12.Cl. The fourth-order valence-electron chi connectivity index (χ4n) is 12.3. The molecule has 6 aromatic rings. The molecule has 22 nitrogen and oxygen atoms in total. The van der Waals surface area contributed by atoms with Gasteiger partial charge in [-0.1, -0.05) is 69.4 Å². The van der Waals surface area contributed by atoms with Crippen molar-refractivity contribution in [3.8, 4) is 17.2 Å². The topological polar surface area (TPSA) is 274 Å². The van der Waals surface area contributed by atoms with Crippen molar-refractivity contribution in [3.63, 3.8) is 0 Å². The summed E-state index contributed by atoms with van der Waals surface area (Å²) in [6.45, 7) is 17.1. The number of amides is 2. The van der Waals surface area contributed by atoms with Crippen LogP contribution in [0.2, 0.25) is 0 Å². The molecule has 0 bridgehead atoms. The van der Waals surface area contributed by atoms with E-state index < -0.39 is 41.8 Å². The van der Waals surface area contributed by atoms with Gasteiger partial charge in [0.2, 0.25) is 11.8 Å². The number of allylic oxidation sites excluding steroid dienone is 6. The maximum absolute atomic E-state index is 13.6. The number of pyridine rings is 3. The number of nitrogens with two attached hydrogens (primary N) is 1. The van der Waals surface area contributed by atoms with E-state index in [1.54, 1.807) is 79.8 Å². The zero-order chi connectivity index (χ0) is 74.9. The van der Waals surface area contributed by atoms with E-state index in [1.807, 2.05) is 86.7 Å². The van der Waals surface area contributed by atoms with Gasteiger partial charge in [-0.05, 0) is 191 Å². The summed E-state index contributed by atoms with van der Waals surface area (Å²) in [6.07, 6.45) is 20.3. The Morgan fingerprint density at radius 2 is 0.821 bits per heavy atom. The van der Waals surface area contributed by atoms with Crippen molar-refractivity contribution in [2.75, 3.05) is 121 Å². The van der Waals surface area contributed by atoms with Crippen LogP contribution < -0.4 is 46.5 Å². The van der Waals surface area contributed by atoms with Gasteiger partial charge in [0.25, 0.3) is 17.8 Å². The molecule has 3 aliphatic carbocycles.